The van der Waals surface area contributed by atoms with Crippen LogP contribution in [0.1, 0.15) is 25.7 Å². The topological polar surface area (TPSA) is 29.5 Å². The fourth-order valence-electron chi connectivity index (χ4n) is 1.92. The predicted molar refractivity (Wildman–Crippen MR) is 60.3 cm³/mol. The van der Waals surface area contributed by atoms with Crippen LogP contribution < -0.4 is 4.74 Å². The van der Waals surface area contributed by atoms with Gasteiger partial charge in [-0.25, -0.2) is 0 Å². The summed E-state index contributed by atoms with van der Waals surface area (Å²) in [6, 6.07) is 7.39. The molecule has 82 valence electrons. The third-order valence-electron chi connectivity index (χ3n) is 2.78. The number of hydrogen-bond acceptors (Lipinski definition) is 2. The molecule has 2 nitrogen and oxygen atoms in total. The van der Waals surface area contributed by atoms with Gasteiger partial charge in [0, 0.05) is 0 Å². The second-order valence-corrected chi connectivity index (χ2v) is 4.35. The highest BCUT2D eigenvalue weighted by Crippen LogP contribution is 2.28. The van der Waals surface area contributed by atoms with Crippen molar-refractivity contribution in [2.45, 2.75) is 37.9 Å². The maximum atomic E-state index is 9.75. The minimum atomic E-state index is -0.352. The third kappa shape index (κ3) is 2.64. The molecule has 1 saturated carbocycles. The molecule has 0 bridgehead atoms. The van der Waals surface area contributed by atoms with Gasteiger partial charge in [-0.2, -0.15) is 0 Å². The predicted octanol–water partition coefficient (Wildman–Crippen LogP) is 3.02. The summed E-state index contributed by atoms with van der Waals surface area (Å²) < 4.78 is 5.72. The Balaban J connectivity index is 2.04. The van der Waals surface area contributed by atoms with E-state index in [-0.39, 0.29) is 12.2 Å². The van der Waals surface area contributed by atoms with Gasteiger partial charge in [0.2, 0.25) is 0 Å². The standard InChI is InChI=1S/C12H15ClO2/c13-9-5-1-3-7-11(9)15-12-8-4-2-6-10(12)14/h1,3,5,7,10,12,14H,2,4,6,8H2/t10-,12-/m1/s1. The first-order valence-electron chi connectivity index (χ1n) is 5.36. The molecule has 1 aliphatic carbocycles. The van der Waals surface area contributed by atoms with E-state index in [4.69, 9.17) is 16.3 Å². The molecule has 0 spiro atoms. The molecule has 1 aromatic rings. The third-order valence-corrected chi connectivity index (χ3v) is 3.09. The summed E-state index contributed by atoms with van der Waals surface area (Å²) in [4.78, 5) is 0. The van der Waals surface area contributed by atoms with Gasteiger partial charge in [0.05, 0.1) is 11.1 Å². The van der Waals surface area contributed by atoms with Gasteiger partial charge in [-0.1, -0.05) is 30.2 Å². The van der Waals surface area contributed by atoms with E-state index >= 15 is 0 Å². The first kappa shape index (κ1) is 10.8. The van der Waals surface area contributed by atoms with Gasteiger partial charge in [-0.3, -0.25) is 0 Å². The molecule has 0 amide bonds. The number of halogens is 1. The Bertz CT molecular complexity index is 327. The average molecular weight is 227 g/mol. The van der Waals surface area contributed by atoms with Crippen molar-refractivity contribution in [1.82, 2.24) is 0 Å². The lowest BCUT2D eigenvalue weighted by atomic mass is 9.95. The van der Waals surface area contributed by atoms with Crippen LogP contribution in [-0.2, 0) is 0 Å². The van der Waals surface area contributed by atoms with Crippen LogP contribution in [0, 0.1) is 0 Å². The van der Waals surface area contributed by atoms with E-state index < -0.39 is 0 Å². The van der Waals surface area contributed by atoms with Crippen LogP contribution in [0.4, 0.5) is 0 Å². The van der Waals surface area contributed by atoms with E-state index in [1.165, 1.54) is 0 Å². The molecule has 1 fully saturated rings. The van der Waals surface area contributed by atoms with Crippen LogP contribution in [0.3, 0.4) is 0 Å². The Kier molecular flexibility index (Phi) is 3.49. The largest absolute Gasteiger partial charge is 0.486 e. The summed E-state index contributed by atoms with van der Waals surface area (Å²) in [5, 5.41) is 10.4. The Morgan fingerprint density at radius 3 is 2.67 bits per heavy atom. The van der Waals surface area contributed by atoms with Crippen LogP contribution in [0.2, 0.25) is 5.02 Å². The number of hydrogen-bond donors (Lipinski definition) is 1. The van der Waals surface area contributed by atoms with Gasteiger partial charge >= 0.3 is 0 Å². The lowest BCUT2D eigenvalue weighted by Gasteiger charge is -2.28. The van der Waals surface area contributed by atoms with Crippen molar-refractivity contribution in [2.75, 3.05) is 0 Å². The number of para-hydroxylation sites is 1. The van der Waals surface area contributed by atoms with Crippen molar-refractivity contribution in [3.8, 4) is 5.75 Å². The second kappa shape index (κ2) is 4.86. The molecule has 0 aromatic heterocycles. The summed E-state index contributed by atoms with van der Waals surface area (Å²) in [6.07, 6.45) is 3.49. The first-order chi connectivity index (χ1) is 7.27. The van der Waals surface area contributed by atoms with Crippen molar-refractivity contribution in [3.05, 3.63) is 29.3 Å². The Hall–Kier alpha value is -0.730. The minimum Gasteiger partial charge on any atom is -0.486 e. The highest BCUT2D eigenvalue weighted by Gasteiger charge is 2.25. The van der Waals surface area contributed by atoms with Crippen LogP contribution in [0.5, 0.6) is 5.75 Å². The zero-order valence-corrected chi connectivity index (χ0v) is 9.28. The van der Waals surface area contributed by atoms with Gasteiger partial charge in [-0.05, 0) is 31.4 Å². The van der Waals surface area contributed by atoms with E-state index in [9.17, 15) is 5.11 Å². The number of aliphatic hydroxyl groups excluding tert-OH is 1. The van der Waals surface area contributed by atoms with Crippen LogP contribution in [0.15, 0.2) is 24.3 Å². The normalized spacial score (nSPS) is 26.3. The molecule has 1 aliphatic rings. The van der Waals surface area contributed by atoms with Crippen molar-refractivity contribution < 1.29 is 9.84 Å². The Morgan fingerprint density at radius 2 is 1.93 bits per heavy atom. The second-order valence-electron chi connectivity index (χ2n) is 3.94. The minimum absolute atomic E-state index is 0.0985. The summed E-state index contributed by atoms with van der Waals surface area (Å²) in [7, 11) is 0. The van der Waals surface area contributed by atoms with Gasteiger partial charge in [0.25, 0.3) is 0 Å². The molecule has 0 unspecified atom stereocenters. The fraction of sp³-hybridized carbons (Fsp3) is 0.500. The summed E-state index contributed by atoms with van der Waals surface area (Å²) >= 11 is 5.98. The van der Waals surface area contributed by atoms with Crippen LogP contribution >= 0.6 is 11.6 Å². The summed E-state index contributed by atoms with van der Waals surface area (Å²) in [6.45, 7) is 0. The first-order valence-corrected chi connectivity index (χ1v) is 5.74. The van der Waals surface area contributed by atoms with Gasteiger partial charge < -0.3 is 9.84 Å². The zero-order valence-electron chi connectivity index (χ0n) is 8.53. The molecule has 0 heterocycles. The maximum Gasteiger partial charge on any atom is 0.138 e. The van der Waals surface area contributed by atoms with Gasteiger partial charge in [0.1, 0.15) is 11.9 Å². The summed E-state index contributed by atoms with van der Waals surface area (Å²) in [5.74, 6) is 0.671. The average Bonchev–Trinajstić information content (AvgIpc) is 2.24. The monoisotopic (exact) mass is 226 g/mol. The SMILES string of the molecule is O[C@@H]1CCCC[C@H]1Oc1ccccc1Cl. The van der Waals surface area contributed by atoms with Crippen molar-refractivity contribution in [1.29, 1.82) is 0 Å². The molecule has 0 radical (unpaired) electrons. The van der Waals surface area contributed by atoms with Crippen molar-refractivity contribution in [2.24, 2.45) is 0 Å². The lowest BCUT2D eigenvalue weighted by Crippen LogP contribution is -2.34. The number of ether oxygens (including phenoxy) is 1. The highest BCUT2D eigenvalue weighted by atomic mass is 35.5. The van der Waals surface area contributed by atoms with Crippen LogP contribution in [-0.4, -0.2) is 17.3 Å². The molecule has 3 heteroatoms. The number of aliphatic hydroxyl groups is 1. The Morgan fingerprint density at radius 1 is 1.20 bits per heavy atom. The zero-order chi connectivity index (χ0) is 10.7. The molecular weight excluding hydrogens is 212 g/mol. The fourth-order valence-corrected chi connectivity index (χ4v) is 2.10. The molecule has 1 N–H and O–H groups in total. The van der Waals surface area contributed by atoms with E-state index in [1.807, 2.05) is 18.2 Å². The quantitative estimate of drug-likeness (QED) is 0.840. The summed E-state index contributed by atoms with van der Waals surface area (Å²) in [5.41, 5.74) is 0. The molecule has 0 aliphatic heterocycles. The molecule has 1 aromatic carbocycles. The molecule has 15 heavy (non-hydrogen) atoms. The number of rotatable bonds is 2. The molecule has 0 saturated heterocycles. The Labute approximate surface area is 94.8 Å². The van der Waals surface area contributed by atoms with E-state index in [0.29, 0.717) is 10.8 Å². The molecule has 2 rings (SSSR count). The van der Waals surface area contributed by atoms with Crippen LogP contribution in [0.25, 0.3) is 0 Å². The number of benzene rings is 1. The van der Waals surface area contributed by atoms with E-state index in [0.717, 1.165) is 25.7 Å². The van der Waals surface area contributed by atoms with E-state index in [2.05, 4.69) is 0 Å². The smallest absolute Gasteiger partial charge is 0.138 e. The van der Waals surface area contributed by atoms with Crippen molar-refractivity contribution in [3.63, 3.8) is 0 Å². The lowest BCUT2D eigenvalue weighted by molar-refractivity contribution is 0.00693. The molecular formula is C12H15ClO2. The van der Waals surface area contributed by atoms with Crippen molar-refractivity contribution >= 4 is 11.6 Å². The maximum absolute atomic E-state index is 9.75. The van der Waals surface area contributed by atoms with Gasteiger partial charge in [0.15, 0.2) is 0 Å². The molecule has 2 atom stereocenters. The highest BCUT2D eigenvalue weighted by molar-refractivity contribution is 6.32. The van der Waals surface area contributed by atoms with Gasteiger partial charge in [-0.15, -0.1) is 0 Å². The van der Waals surface area contributed by atoms with E-state index in [1.54, 1.807) is 6.07 Å².